The molecular weight excluding hydrogens is 308 g/mol. The van der Waals surface area contributed by atoms with Gasteiger partial charge in [0.15, 0.2) is 0 Å². The highest BCUT2D eigenvalue weighted by Crippen LogP contribution is 2.20. The number of nitrogens with one attached hydrogen (secondary N) is 1. The summed E-state index contributed by atoms with van der Waals surface area (Å²) in [6, 6.07) is 7.31. The minimum Gasteiger partial charge on any atom is -0.480 e. The molecule has 0 aliphatic heterocycles. The van der Waals surface area contributed by atoms with E-state index in [1.807, 2.05) is 0 Å². The maximum atomic E-state index is 11.5. The first-order chi connectivity index (χ1) is 10.4. The van der Waals surface area contributed by atoms with E-state index in [1.54, 1.807) is 30.3 Å². The van der Waals surface area contributed by atoms with Crippen LogP contribution in [0.3, 0.4) is 0 Å². The highest BCUT2D eigenvalue weighted by molar-refractivity contribution is 7.86. The Kier molecular flexibility index (Phi) is 7.46. The van der Waals surface area contributed by atoms with Crippen LogP contribution >= 0.6 is 0 Å². The Morgan fingerprint density at radius 1 is 1.23 bits per heavy atom. The molecule has 0 aliphatic carbocycles. The lowest BCUT2D eigenvalue weighted by Gasteiger charge is -2.19. The van der Waals surface area contributed by atoms with Crippen LogP contribution in [-0.2, 0) is 14.9 Å². The molecule has 0 saturated carbocycles. The largest absolute Gasteiger partial charge is 0.480 e. The second-order valence-corrected chi connectivity index (χ2v) is 6.60. The highest BCUT2D eigenvalue weighted by Gasteiger charge is 2.27. The lowest BCUT2D eigenvalue weighted by Crippen LogP contribution is -2.40. The van der Waals surface area contributed by atoms with E-state index in [2.05, 4.69) is 5.32 Å². The minimum atomic E-state index is -4.34. The number of carbonyl (C=O) groups is 1. The lowest BCUT2D eigenvalue weighted by molar-refractivity contribution is -0.139. The smallest absolute Gasteiger partial charge is 0.320 e. The van der Waals surface area contributed by atoms with Crippen LogP contribution in [0.2, 0.25) is 0 Å². The number of carboxylic acid groups (broad SMARTS) is 1. The molecule has 1 rings (SSSR count). The van der Waals surface area contributed by atoms with Crippen molar-refractivity contribution in [2.75, 3.05) is 13.1 Å². The summed E-state index contributed by atoms with van der Waals surface area (Å²) in [7, 11) is -4.34. The van der Waals surface area contributed by atoms with Crippen molar-refractivity contribution in [2.45, 2.75) is 30.6 Å². The average molecular weight is 330 g/mol. The number of hydrogen-bond donors (Lipinski definition) is 4. The fourth-order valence-electron chi connectivity index (χ4n) is 2.12. The van der Waals surface area contributed by atoms with E-state index in [4.69, 9.17) is 10.8 Å². The van der Waals surface area contributed by atoms with Gasteiger partial charge in [-0.15, -0.1) is 0 Å². The Bertz CT molecular complexity index is 562. The fraction of sp³-hybridized carbons (Fsp3) is 0.500. The summed E-state index contributed by atoms with van der Waals surface area (Å²) in [5, 5.41) is 10.7. The van der Waals surface area contributed by atoms with Gasteiger partial charge in [-0.25, -0.2) is 0 Å². The van der Waals surface area contributed by atoms with Crippen LogP contribution < -0.4 is 11.1 Å². The van der Waals surface area contributed by atoms with Gasteiger partial charge in [0, 0.05) is 6.54 Å². The lowest BCUT2D eigenvalue weighted by atomic mass is 10.1. The van der Waals surface area contributed by atoms with Crippen molar-refractivity contribution in [2.24, 2.45) is 5.73 Å². The molecule has 8 heteroatoms. The summed E-state index contributed by atoms with van der Waals surface area (Å²) in [6.07, 6.45) is 1.67. The van der Waals surface area contributed by atoms with Crippen molar-refractivity contribution >= 4 is 16.1 Å². The number of rotatable bonds is 10. The quantitative estimate of drug-likeness (QED) is 0.368. The second-order valence-electron chi connectivity index (χ2n) is 5.00. The van der Waals surface area contributed by atoms with Gasteiger partial charge in [-0.05, 0) is 24.9 Å². The molecular formula is C14H22N2O5S. The first-order valence-corrected chi connectivity index (χ1v) is 8.54. The van der Waals surface area contributed by atoms with Gasteiger partial charge < -0.3 is 16.2 Å². The van der Waals surface area contributed by atoms with Gasteiger partial charge in [0.05, 0.1) is 0 Å². The molecule has 0 aliphatic rings. The maximum Gasteiger partial charge on any atom is 0.320 e. The van der Waals surface area contributed by atoms with Gasteiger partial charge >= 0.3 is 5.97 Å². The first-order valence-electron chi connectivity index (χ1n) is 7.03. The molecule has 0 radical (unpaired) electrons. The molecule has 0 aromatic heterocycles. The third kappa shape index (κ3) is 6.10. The summed E-state index contributed by atoms with van der Waals surface area (Å²) in [5.41, 5.74) is 5.77. The van der Waals surface area contributed by atoms with Crippen LogP contribution in [-0.4, -0.2) is 43.2 Å². The summed E-state index contributed by atoms with van der Waals surface area (Å²) >= 11 is 0. The molecule has 0 spiro atoms. The molecule has 2 atom stereocenters. The Balaban J connectivity index is 2.76. The third-order valence-corrected chi connectivity index (χ3v) is 4.48. The Hall–Kier alpha value is -1.48. The summed E-state index contributed by atoms with van der Waals surface area (Å²) in [6.45, 7) is 0.298. The zero-order chi connectivity index (χ0) is 16.6. The Labute approximate surface area is 130 Å². The standard InChI is InChI=1S/C14H22N2O5S/c15-9-5-4-8-12(14(17)18)16-10-13(22(19,20)21)11-6-2-1-3-7-11/h1-3,6-7,12-13,16H,4-5,8-10,15H2,(H,17,18)(H,19,20,21)/t12-,13?/m0/s1. The maximum absolute atomic E-state index is 11.5. The molecule has 0 bridgehead atoms. The fourth-order valence-corrected chi connectivity index (χ4v) is 2.93. The molecule has 0 saturated heterocycles. The molecule has 7 nitrogen and oxygen atoms in total. The van der Waals surface area contributed by atoms with E-state index >= 15 is 0 Å². The van der Waals surface area contributed by atoms with Crippen molar-refractivity contribution in [1.29, 1.82) is 0 Å². The van der Waals surface area contributed by atoms with Gasteiger partial charge in [0.2, 0.25) is 0 Å². The second kappa shape index (κ2) is 8.84. The van der Waals surface area contributed by atoms with Gasteiger partial charge in [-0.1, -0.05) is 36.8 Å². The highest BCUT2D eigenvalue weighted by atomic mass is 32.2. The number of carboxylic acids is 1. The third-order valence-electron chi connectivity index (χ3n) is 3.33. The predicted octanol–water partition coefficient (Wildman–Crippen LogP) is 0.787. The molecule has 1 aromatic carbocycles. The van der Waals surface area contributed by atoms with Crippen LogP contribution in [0, 0.1) is 0 Å². The zero-order valence-corrected chi connectivity index (χ0v) is 13.0. The normalized spacial score (nSPS) is 14.5. The van der Waals surface area contributed by atoms with Crippen molar-refractivity contribution in [3.05, 3.63) is 35.9 Å². The average Bonchev–Trinajstić information content (AvgIpc) is 2.45. The van der Waals surface area contributed by atoms with Crippen LogP contribution in [0.4, 0.5) is 0 Å². The van der Waals surface area contributed by atoms with Crippen molar-refractivity contribution in [1.82, 2.24) is 5.32 Å². The van der Waals surface area contributed by atoms with Gasteiger partial charge in [-0.3, -0.25) is 9.35 Å². The zero-order valence-electron chi connectivity index (χ0n) is 12.2. The number of nitrogens with two attached hydrogens (primary N) is 1. The topological polar surface area (TPSA) is 130 Å². The first kappa shape index (κ1) is 18.6. The van der Waals surface area contributed by atoms with E-state index in [-0.39, 0.29) is 6.54 Å². The molecule has 0 amide bonds. The van der Waals surface area contributed by atoms with E-state index in [1.165, 1.54) is 0 Å². The molecule has 0 fully saturated rings. The molecule has 124 valence electrons. The number of hydrogen-bond acceptors (Lipinski definition) is 5. The van der Waals surface area contributed by atoms with Crippen LogP contribution in [0.15, 0.2) is 30.3 Å². The number of unbranched alkanes of at least 4 members (excludes halogenated alkanes) is 1. The number of benzene rings is 1. The van der Waals surface area contributed by atoms with E-state index in [0.717, 1.165) is 0 Å². The van der Waals surface area contributed by atoms with Crippen molar-refractivity contribution < 1.29 is 22.9 Å². The summed E-state index contributed by atoms with van der Waals surface area (Å²) in [5.74, 6) is -1.06. The Morgan fingerprint density at radius 3 is 2.36 bits per heavy atom. The van der Waals surface area contributed by atoms with Crippen LogP contribution in [0.25, 0.3) is 0 Å². The molecule has 0 heterocycles. The summed E-state index contributed by atoms with van der Waals surface area (Å²) < 4.78 is 32.4. The van der Waals surface area contributed by atoms with E-state index < -0.39 is 27.4 Å². The Morgan fingerprint density at radius 2 is 1.86 bits per heavy atom. The molecule has 5 N–H and O–H groups in total. The number of aliphatic carboxylic acids is 1. The summed E-state index contributed by atoms with van der Waals surface area (Å²) in [4.78, 5) is 11.2. The minimum absolute atomic E-state index is 0.178. The van der Waals surface area contributed by atoms with E-state index in [9.17, 15) is 17.8 Å². The molecule has 1 unspecified atom stereocenters. The van der Waals surface area contributed by atoms with Gasteiger partial charge in [0.1, 0.15) is 11.3 Å². The predicted molar refractivity (Wildman–Crippen MR) is 83.1 cm³/mol. The van der Waals surface area contributed by atoms with Gasteiger partial charge in [-0.2, -0.15) is 8.42 Å². The molecule has 22 heavy (non-hydrogen) atoms. The van der Waals surface area contributed by atoms with Crippen LogP contribution in [0.1, 0.15) is 30.1 Å². The van der Waals surface area contributed by atoms with Crippen LogP contribution in [0.5, 0.6) is 0 Å². The van der Waals surface area contributed by atoms with E-state index in [0.29, 0.717) is 31.4 Å². The van der Waals surface area contributed by atoms with Gasteiger partial charge in [0.25, 0.3) is 10.1 Å². The van der Waals surface area contributed by atoms with Crippen molar-refractivity contribution in [3.63, 3.8) is 0 Å². The van der Waals surface area contributed by atoms with Crippen molar-refractivity contribution in [3.8, 4) is 0 Å². The monoisotopic (exact) mass is 330 g/mol. The molecule has 1 aromatic rings. The SMILES string of the molecule is NCCCC[C@H](NCC(c1ccccc1)S(=O)(=O)O)C(=O)O.